The molecule has 0 bridgehead atoms. The lowest BCUT2D eigenvalue weighted by atomic mass is 9.97. The molecule has 2 aromatic rings. The summed E-state index contributed by atoms with van der Waals surface area (Å²) < 4.78 is 1.91. The Morgan fingerprint density at radius 2 is 1.96 bits per heavy atom. The second kappa shape index (κ2) is 7.24. The number of amides is 1. The van der Waals surface area contributed by atoms with Gasteiger partial charge in [0.05, 0.1) is 10.7 Å². The van der Waals surface area contributed by atoms with Crippen LogP contribution in [0.2, 0.25) is 0 Å². The Balaban J connectivity index is 1.21. The lowest BCUT2D eigenvalue weighted by Gasteiger charge is -2.31. The third kappa shape index (κ3) is 3.20. The fraction of sp³-hybridized carbons (Fsp3) is 0.455. The fourth-order valence-electron chi connectivity index (χ4n) is 4.38. The minimum absolute atomic E-state index is 0.153. The van der Waals surface area contributed by atoms with E-state index >= 15 is 0 Å². The maximum Gasteiger partial charge on any atom is 0.270 e. The van der Waals surface area contributed by atoms with Gasteiger partial charge in [-0.1, -0.05) is 6.08 Å². The molecule has 6 heteroatoms. The molecule has 4 heterocycles. The van der Waals surface area contributed by atoms with Crippen molar-refractivity contribution in [3.05, 3.63) is 63.5 Å². The molecule has 5 rings (SSSR count). The van der Waals surface area contributed by atoms with E-state index in [-0.39, 0.29) is 5.91 Å². The highest BCUT2D eigenvalue weighted by Gasteiger charge is 2.29. The normalized spacial score (nSPS) is 19.8. The average molecular weight is 395 g/mol. The maximum atomic E-state index is 12.7. The average Bonchev–Trinajstić information content (AvgIpc) is 3.23. The van der Waals surface area contributed by atoms with E-state index in [9.17, 15) is 4.79 Å². The molecule has 0 unspecified atom stereocenters. The lowest BCUT2D eigenvalue weighted by molar-refractivity contribution is 0.0703. The van der Waals surface area contributed by atoms with Crippen LogP contribution in [0, 0.1) is 0 Å². The maximum absolute atomic E-state index is 12.7. The van der Waals surface area contributed by atoms with Gasteiger partial charge in [0.25, 0.3) is 5.91 Å². The number of rotatable bonds is 3. The Labute approximate surface area is 170 Å². The van der Waals surface area contributed by atoms with Crippen molar-refractivity contribution in [1.29, 1.82) is 0 Å². The van der Waals surface area contributed by atoms with Gasteiger partial charge in [0.2, 0.25) is 0 Å². The van der Waals surface area contributed by atoms with Gasteiger partial charge in [-0.05, 0) is 37.1 Å². The monoisotopic (exact) mass is 394 g/mol. The first-order valence-corrected chi connectivity index (χ1v) is 11.0. The quantitative estimate of drug-likeness (QED) is 0.802. The molecule has 0 radical (unpaired) electrons. The highest BCUT2D eigenvalue weighted by atomic mass is 32.1. The van der Waals surface area contributed by atoms with Gasteiger partial charge in [-0.2, -0.15) is 0 Å². The molecule has 1 saturated heterocycles. The Kier molecular flexibility index (Phi) is 4.59. The summed E-state index contributed by atoms with van der Waals surface area (Å²) in [5.74, 6) is 0.656. The van der Waals surface area contributed by atoms with Crippen LogP contribution in [-0.4, -0.2) is 51.4 Å². The van der Waals surface area contributed by atoms with Crippen molar-refractivity contribution in [3.8, 4) is 0 Å². The van der Waals surface area contributed by atoms with Crippen LogP contribution in [0.4, 0.5) is 0 Å². The summed E-state index contributed by atoms with van der Waals surface area (Å²) in [7, 11) is 1.93. The zero-order valence-electron chi connectivity index (χ0n) is 16.3. The number of piperidine rings is 1. The van der Waals surface area contributed by atoms with Crippen LogP contribution in [0.1, 0.15) is 44.8 Å². The van der Waals surface area contributed by atoms with Gasteiger partial charge in [0, 0.05) is 68.8 Å². The minimum Gasteiger partial charge on any atom is -0.371 e. The Morgan fingerprint density at radius 3 is 2.64 bits per heavy atom. The summed E-state index contributed by atoms with van der Waals surface area (Å²) in [5.41, 5.74) is 3.46. The van der Waals surface area contributed by atoms with Gasteiger partial charge in [0.1, 0.15) is 5.69 Å². The summed E-state index contributed by atoms with van der Waals surface area (Å²) in [6.45, 7) is 3.81. The molecule has 1 amide bonds. The number of carbonyl (C=O) groups is 1. The molecular formula is C22H26N4OS. The van der Waals surface area contributed by atoms with Gasteiger partial charge in [-0.3, -0.25) is 4.79 Å². The Hall–Kier alpha value is -2.34. The van der Waals surface area contributed by atoms with Crippen molar-refractivity contribution in [2.75, 3.05) is 26.2 Å². The predicted octanol–water partition coefficient (Wildman–Crippen LogP) is 3.36. The van der Waals surface area contributed by atoms with Crippen LogP contribution >= 0.6 is 11.3 Å². The third-order valence-electron chi connectivity index (χ3n) is 6.22. The smallest absolute Gasteiger partial charge is 0.270 e. The molecule has 2 aromatic heterocycles. The van der Waals surface area contributed by atoms with E-state index in [2.05, 4.69) is 23.1 Å². The molecule has 0 saturated carbocycles. The number of fused-ring (bicyclic) bond motifs is 1. The van der Waals surface area contributed by atoms with Crippen LogP contribution in [0.3, 0.4) is 0 Å². The van der Waals surface area contributed by atoms with E-state index < -0.39 is 0 Å². The number of thiazole rings is 1. The topological polar surface area (TPSA) is 41.4 Å². The van der Waals surface area contributed by atoms with Crippen molar-refractivity contribution in [2.45, 2.75) is 31.6 Å². The first-order chi connectivity index (χ1) is 13.7. The van der Waals surface area contributed by atoms with Crippen LogP contribution in [0.25, 0.3) is 0 Å². The zero-order chi connectivity index (χ0) is 19.1. The number of hydrogen-bond acceptors (Lipinski definition) is 4. The number of aromatic nitrogens is 2. The number of allylic oxidation sites excluding steroid dienone is 3. The Bertz CT molecular complexity index is 920. The van der Waals surface area contributed by atoms with Gasteiger partial charge < -0.3 is 14.4 Å². The van der Waals surface area contributed by atoms with E-state index in [4.69, 9.17) is 4.98 Å². The molecule has 146 valence electrons. The van der Waals surface area contributed by atoms with Gasteiger partial charge in [-0.25, -0.2) is 4.98 Å². The molecule has 2 aliphatic heterocycles. The summed E-state index contributed by atoms with van der Waals surface area (Å²) >= 11 is 1.92. The van der Waals surface area contributed by atoms with E-state index in [0.717, 1.165) is 57.6 Å². The van der Waals surface area contributed by atoms with Crippen molar-refractivity contribution in [3.63, 3.8) is 0 Å². The molecule has 0 N–H and O–H groups in total. The summed E-state index contributed by atoms with van der Waals surface area (Å²) in [5, 5.41) is 1.30. The van der Waals surface area contributed by atoms with E-state index in [1.165, 1.54) is 21.3 Å². The summed E-state index contributed by atoms with van der Waals surface area (Å²) in [4.78, 5) is 23.7. The molecule has 0 aromatic carbocycles. The van der Waals surface area contributed by atoms with Gasteiger partial charge in [0.15, 0.2) is 0 Å². The molecule has 3 aliphatic rings. The summed E-state index contributed by atoms with van der Waals surface area (Å²) in [6.07, 6.45) is 12.6. The third-order valence-corrected chi connectivity index (χ3v) is 7.54. The van der Waals surface area contributed by atoms with Crippen molar-refractivity contribution in [2.24, 2.45) is 7.05 Å². The highest BCUT2D eigenvalue weighted by molar-refractivity contribution is 7.11. The standard InChI is InChI=1S/C22H26N4OS/c1-24-11-3-6-19(24)22(27)26-12-7-16(8-13-26)21-23-18-9-14-25(17-4-2-5-17)15-10-20(18)28-21/h2-6,11,16H,7-10,12-15H2,1H3. The molecule has 0 atom stereocenters. The largest absolute Gasteiger partial charge is 0.371 e. The SMILES string of the molecule is Cn1cccc1C(=O)N1CCC(c2nc3c(s2)CCN(C2=CC=C2)CC3)CC1. The number of nitrogens with zero attached hydrogens (tertiary/aromatic N) is 4. The van der Waals surface area contributed by atoms with Gasteiger partial charge in [-0.15, -0.1) is 11.3 Å². The number of hydrogen-bond donors (Lipinski definition) is 0. The van der Waals surface area contributed by atoms with Crippen molar-refractivity contribution in [1.82, 2.24) is 19.4 Å². The van der Waals surface area contributed by atoms with Crippen molar-refractivity contribution < 1.29 is 4.79 Å². The highest BCUT2D eigenvalue weighted by Crippen LogP contribution is 2.34. The second-order valence-corrected chi connectivity index (χ2v) is 9.05. The van der Waals surface area contributed by atoms with Crippen LogP contribution < -0.4 is 0 Å². The molecule has 1 fully saturated rings. The number of carbonyl (C=O) groups excluding carboxylic acids is 1. The molecule has 28 heavy (non-hydrogen) atoms. The minimum atomic E-state index is 0.153. The zero-order valence-corrected chi connectivity index (χ0v) is 17.1. The molecule has 0 spiro atoms. The van der Waals surface area contributed by atoms with Gasteiger partial charge >= 0.3 is 0 Å². The fourth-order valence-corrected chi connectivity index (χ4v) is 5.65. The lowest BCUT2D eigenvalue weighted by Crippen LogP contribution is -2.38. The number of aryl methyl sites for hydroxylation is 1. The first kappa shape index (κ1) is 17.7. The summed E-state index contributed by atoms with van der Waals surface area (Å²) in [6, 6.07) is 3.84. The number of likely N-dealkylation sites (tertiary alicyclic amines) is 1. The van der Waals surface area contributed by atoms with E-state index in [0.29, 0.717) is 5.92 Å². The van der Waals surface area contributed by atoms with E-state index in [1.807, 2.05) is 46.2 Å². The predicted molar refractivity (Wildman–Crippen MR) is 112 cm³/mol. The molecule has 5 nitrogen and oxygen atoms in total. The van der Waals surface area contributed by atoms with Crippen molar-refractivity contribution >= 4 is 17.2 Å². The van der Waals surface area contributed by atoms with Crippen LogP contribution in [0.15, 0.2) is 42.3 Å². The van der Waals surface area contributed by atoms with E-state index in [1.54, 1.807) is 0 Å². The van der Waals surface area contributed by atoms with Crippen LogP contribution in [-0.2, 0) is 19.9 Å². The molecular weight excluding hydrogens is 368 g/mol. The first-order valence-electron chi connectivity index (χ1n) is 10.2. The molecule has 1 aliphatic carbocycles. The second-order valence-electron chi connectivity index (χ2n) is 7.93. The Morgan fingerprint density at radius 1 is 1.18 bits per heavy atom. The van der Waals surface area contributed by atoms with Crippen LogP contribution in [0.5, 0.6) is 0 Å².